The Balaban J connectivity index is 1.60. The summed E-state index contributed by atoms with van der Waals surface area (Å²) < 4.78 is 5.54. The van der Waals surface area contributed by atoms with Gasteiger partial charge in [0, 0.05) is 12.5 Å². The van der Waals surface area contributed by atoms with Crippen LogP contribution in [0.25, 0.3) is 6.08 Å². The predicted molar refractivity (Wildman–Crippen MR) is 88.5 cm³/mol. The monoisotopic (exact) mass is 303 g/mol. The van der Waals surface area contributed by atoms with Crippen LogP contribution in [0.2, 0.25) is 0 Å². The number of nitriles is 1. The predicted octanol–water partition coefficient (Wildman–Crippen LogP) is 3.67. The fourth-order valence-electron chi connectivity index (χ4n) is 2.84. The molecule has 0 N–H and O–H groups in total. The zero-order valence-corrected chi connectivity index (χ0v) is 12.7. The number of carbonyl (C=O) groups is 1. The lowest BCUT2D eigenvalue weighted by Gasteiger charge is -2.24. The first-order valence-corrected chi connectivity index (χ1v) is 7.70. The van der Waals surface area contributed by atoms with Gasteiger partial charge in [-0.2, -0.15) is 5.26 Å². The lowest BCUT2D eigenvalue weighted by atomic mass is 9.90. The minimum Gasteiger partial charge on any atom is -0.459 e. The first-order valence-electron chi connectivity index (χ1n) is 7.70. The molecule has 0 bridgehead atoms. The van der Waals surface area contributed by atoms with E-state index in [1.54, 1.807) is 24.3 Å². The maximum atomic E-state index is 12.0. The average molecular weight is 303 g/mol. The Bertz CT molecular complexity index is 786. The van der Waals surface area contributed by atoms with E-state index >= 15 is 0 Å². The number of benzene rings is 2. The van der Waals surface area contributed by atoms with Gasteiger partial charge in [-0.25, -0.2) is 4.79 Å². The number of hydrogen-bond acceptors (Lipinski definition) is 3. The molecule has 2 aromatic carbocycles. The second-order valence-electron chi connectivity index (χ2n) is 5.64. The Morgan fingerprint density at radius 2 is 2.00 bits per heavy atom. The van der Waals surface area contributed by atoms with E-state index in [9.17, 15) is 4.79 Å². The lowest BCUT2D eigenvalue weighted by Crippen LogP contribution is -2.24. The first-order chi connectivity index (χ1) is 11.2. The van der Waals surface area contributed by atoms with E-state index in [2.05, 4.69) is 18.2 Å². The smallest absolute Gasteiger partial charge is 0.331 e. The molecule has 0 radical (unpaired) electrons. The van der Waals surface area contributed by atoms with Crippen LogP contribution in [0, 0.1) is 11.3 Å². The van der Waals surface area contributed by atoms with Crippen LogP contribution in [0.4, 0.5) is 0 Å². The molecule has 0 saturated carbocycles. The summed E-state index contributed by atoms with van der Waals surface area (Å²) in [5, 5.41) is 8.87. The fourth-order valence-corrected chi connectivity index (χ4v) is 2.84. The lowest BCUT2D eigenvalue weighted by molar-refractivity contribution is -0.143. The summed E-state index contributed by atoms with van der Waals surface area (Å²) in [5.74, 6) is -0.336. The number of rotatable bonds is 3. The maximum Gasteiger partial charge on any atom is 0.331 e. The van der Waals surface area contributed by atoms with Gasteiger partial charge in [-0.15, -0.1) is 0 Å². The van der Waals surface area contributed by atoms with Crippen molar-refractivity contribution in [2.24, 2.45) is 0 Å². The Morgan fingerprint density at radius 3 is 2.83 bits per heavy atom. The summed E-state index contributed by atoms with van der Waals surface area (Å²) in [6.07, 6.45) is 5.63. The van der Waals surface area contributed by atoms with E-state index in [4.69, 9.17) is 10.00 Å². The maximum absolute atomic E-state index is 12.0. The topological polar surface area (TPSA) is 50.1 Å². The van der Waals surface area contributed by atoms with Crippen LogP contribution in [-0.2, 0) is 22.4 Å². The van der Waals surface area contributed by atoms with Crippen molar-refractivity contribution in [3.05, 3.63) is 76.9 Å². The van der Waals surface area contributed by atoms with Crippen molar-refractivity contribution in [1.82, 2.24) is 0 Å². The van der Waals surface area contributed by atoms with Crippen molar-refractivity contribution in [2.45, 2.75) is 25.4 Å². The molecule has 0 amide bonds. The van der Waals surface area contributed by atoms with Crippen LogP contribution >= 0.6 is 0 Å². The van der Waals surface area contributed by atoms with E-state index in [0.717, 1.165) is 24.8 Å². The summed E-state index contributed by atoms with van der Waals surface area (Å²) in [6.45, 7) is 0. The molecule has 3 rings (SSSR count). The highest BCUT2D eigenvalue weighted by Crippen LogP contribution is 2.23. The van der Waals surface area contributed by atoms with Crippen LogP contribution in [0.15, 0.2) is 54.6 Å². The molecule has 0 aliphatic heterocycles. The van der Waals surface area contributed by atoms with Crippen LogP contribution < -0.4 is 0 Å². The largest absolute Gasteiger partial charge is 0.459 e. The summed E-state index contributed by atoms with van der Waals surface area (Å²) >= 11 is 0. The van der Waals surface area contributed by atoms with E-state index in [0.29, 0.717) is 5.56 Å². The summed E-state index contributed by atoms with van der Waals surface area (Å²) in [4.78, 5) is 12.0. The third kappa shape index (κ3) is 3.87. The number of fused-ring (bicyclic) bond motifs is 1. The number of ether oxygens (including phenoxy) is 1. The Morgan fingerprint density at radius 1 is 1.17 bits per heavy atom. The second kappa shape index (κ2) is 6.93. The SMILES string of the molecule is N#Cc1cccc(/C=C/C(=O)OC2CCc3ccccc3C2)c1. The van der Waals surface area contributed by atoms with Gasteiger partial charge in [-0.1, -0.05) is 36.4 Å². The molecule has 1 aliphatic carbocycles. The van der Waals surface area contributed by atoms with Crippen molar-refractivity contribution in [3.8, 4) is 6.07 Å². The molecule has 3 heteroatoms. The van der Waals surface area contributed by atoms with Crippen LogP contribution in [0.5, 0.6) is 0 Å². The molecule has 0 heterocycles. The molecule has 114 valence electrons. The Kier molecular flexibility index (Phi) is 4.54. The van der Waals surface area contributed by atoms with E-state index < -0.39 is 0 Å². The van der Waals surface area contributed by atoms with Gasteiger partial charge in [0.15, 0.2) is 0 Å². The van der Waals surface area contributed by atoms with E-state index in [1.807, 2.05) is 18.2 Å². The number of nitrogens with zero attached hydrogens (tertiary/aromatic N) is 1. The first kappa shape index (κ1) is 15.1. The van der Waals surface area contributed by atoms with Gasteiger partial charge in [0.1, 0.15) is 6.10 Å². The van der Waals surface area contributed by atoms with Gasteiger partial charge in [0.05, 0.1) is 11.6 Å². The number of carbonyl (C=O) groups excluding carboxylic acids is 1. The molecule has 1 aliphatic rings. The van der Waals surface area contributed by atoms with Gasteiger partial charge < -0.3 is 4.74 Å². The zero-order valence-electron chi connectivity index (χ0n) is 12.7. The molecular weight excluding hydrogens is 286 g/mol. The minimum atomic E-state index is -0.336. The number of esters is 1. The van der Waals surface area contributed by atoms with Crippen molar-refractivity contribution in [3.63, 3.8) is 0 Å². The number of hydrogen-bond donors (Lipinski definition) is 0. The molecule has 23 heavy (non-hydrogen) atoms. The van der Waals surface area contributed by atoms with Crippen LogP contribution in [-0.4, -0.2) is 12.1 Å². The molecule has 0 spiro atoms. The highest BCUT2D eigenvalue weighted by atomic mass is 16.5. The second-order valence-corrected chi connectivity index (χ2v) is 5.64. The summed E-state index contributed by atoms with van der Waals surface area (Å²) in [6, 6.07) is 17.5. The molecule has 2 aromatic rings. The quantitative estimate of drug-likeness (QED) is 0.642. The fraction of sp³-hybridized carbons (Fsp3) is 0.200. The molecule has 0 aromatic heterocycles. The molecule has 0 saturated heterocycles. The minimum absolute atomic E-state index is 0.0625. The third-order valence-corrected chi connectivity index (χ3v) is 4.01. The average Bonchev–Trinajstić information content (AvgIpc) is 2.60. The van der Waals surface area contributed by atoms with E-state index in [-0.39, 0.29) is 12.1 Å². The molecule has 0 fully saturated rings. The zero-order chi connectivity index (χ0) is 16.1. The summed E-state index contributed by atoms with van der Waals surface area (Å²) in [7, 11) is 0. The normalized spacial score (nSPS) is 16.6. The standard InChI is InChI=1S/C20H17NO2/c21-14-16-5-3-4-15(12-16)8-11-20(22)23-19-10-9-17-6-1-2-7-18(17)13-19/h1-8,11-12,19H,9-10,13H2/b11-8+. The van der Waals surface area contributed by atoms with Crippen LogP contribution in [0.3, 0.4) is 0 Å². The summed E-state index contributed by atoms with van der Waals surface area (Å²) in [5.41, 5.74) is 4.00. The Hall–Kier alpha value is -2.86. The van der Waals surface area contributed by atoms with Gasteiger partial charge >= 0.3 is 5.97 Å². The number of aryl methyl sites for hydroxylation is 1. The van der Waals surface area contributed by atoms with Crippen molar-refractivity contribution in [1.29, 1.82) is 5.26 Å². The Labute approximate surface area is 135 Å². The highest BCUT2D eigenvalue weighted by molar-refractivity contribution is 5.87. The molecule has 1 unspecified atom stereocenters. The molecule has 1 atom stereocenters. The van der Waals surface area contributed by atoms with Crippen molar-refractivity contribution in [2.75, 3.05) is 0 Å². The third-order valence-electron chi connectivity index (χ3n) is 4.01. The van der Waals surface area contributed by atoms with Crippen LogP contribution in [0.1, 0.15) is 28.7 Å². The molecule has 3 nitrogen and oxygen atoms in total. The highest BCUT2D eigenvalue weighted by Gasteiger charge is 2.20. The van der Waals surface area contributed by atoms with Gasteiger partial charge in [-0.05, 0) is 47.7 Å². The van der Waals surface area contributed by atoms with Crippen molar-refractivity contribution < 1.29 is 9.53 Å². The van der Waals surface area contributed by atoms with E-state index in [1.165, 1.54) is 17.2 Å². The van der Waals surface area contributed by atoms with Crippen molar-refractivity contribution >= 4 is 12.0 Å². The van der Waals surface area contributed by atoms with Gasteiger partial charge in [-0.3, -0.25) is 0 Å². The van der Waals surface area contributed by atoms with Gasteiger partial charge in [0.25, 0.3) is 0 Å². The van der Waals surface area contributed by atoms with Gasteiger partial charge in [0.2, 0.25) is 0 Å². The molecular formula is C20H17NO2.